The quantitative estimate of drug-likeness (QED) is 0.815. The lowest BCUT2D eigenvalue weighted by Gasteiger charge is -2.18. The summed E-state index contributed by atoms with van der Waals surface area (Å²) in [7, 11) is 1.78. The first kappa shape index (κ1) is 13.6. The van der Waals surface area contributed by atoms with Crippen LogP contribution >= 0.6 is 0 Å². The van der Waals surface area contributed by atoms with E-state index in [-0.39, 0.29) is 22.7 Å². The number of anilines is 1. The van der Waals surface area contributed by atoms with Crippen LogP contribution in [0, 0.1) is 28.1 Å². The Bertz CT molecular complexity index is 552. The predicted octanol–water partition coefficient (Wildman–Crippen LogP) is 3.20. The number of carbonyl (C=O) groups is 1. The molecule has 19 heavy (non-hydrogen) atoms. The van der Waals surface area contributed by atoms with Crippen molar-refractivity contribution in [1.82, 2.24) is 0 Å². The number of carbonyl (C=O) groups excluding carboxylic acids is 1. The Morgan fingerprint density at radius 1 is 1.26 bits per heavy atom. The van der Waals surface area contributed by atoms with Crippen LogP contribution in [-0.2, 0) is 4.79 Å². The van der Waals surface area contributed by atoms with Gasteiger partial charge < -0.3 is 4.90 Å². The maximum absolute atomic E-state index is 12.6. The van der Waals surface area contributed by atoms with Gasteiger partial charge in [0, 0.05) is 18.7 Å². The molecule has 3 heteroatoms. The lowest BCUT2D eigenvalue weighted by atomic mass is 10.0. The largest absolute Gasteiger partial charge is 0.315 e. The molecule has 0 unspecified atom stereocenters. The number of nitriles is 1. The Hall–Kier alpha value is -1.82. The molecule has 1 fully saturated rings. The highest BCUT2D eigenvalue weighted by molar-refractivity contribution is 5.97. The monoisotopic (exact) mass is 256 g/mol. The third-order valence-corrected chi connectivity index (χ3v) is 4.96. The van der Waals surface area contributed by atoms with Crippen molar-refractivity contribution < 1.29 is 4.79 Å². The Morgan fingerprint density at radius 2 is 1.84 bits per heavy atom. The molecule has 0 saturated heterocycles. The molecule has 0 bridgehead atoms. The fourth-order valence-corrected chi connectivity index (χ4v) is 2.92. The van der Waals surface area contributed by atoms with Gasteiger partial charge in [-0.05, 0) is 29.0 Å². The molecule has 0 spiro atoms. The number of hydrogen-bond donors (Lipinski definition) is 0. The van der Waals surface area contributed by atoms with Gasteiger partial charge in [-0.2, -0.15) is 5.26 Å². The summed E-state index contributed by atoms with van der Waals surface area (Å²) in [5, 5.41) is 8.92. The Labute approximate surface area is 114 Å². The molecule has 100 valence electrons. The number of benzene rings is 1. The van der Waals surface area contributed by atoms with E-state index in [1.807, 2.05) is 6.07 Å². The first-order chi connectivity index (χ1) is 8.73. The molecular formula is C16H20N2O. The average Bonchev–Trinajstić information content (AvgIpc) is 2.78. The summed E-state index contributed by atoms with van der Waals surface area (Å²) in [5.74, 6) is 0.167. The Morgan fingerprint density at radius 3 is 2.32 bits per heavy atom. The van der Waals surface area contributed by atoms with E-state index in [1.165, 1.54) is 0 Å². The van der Waals surface area contributed by atoms with Gasteiger partial charge in [-0.3, -0.25) is 4.79 Å². The SMILES string of the molecule is CN(C(=O)C1C(C)(C)C1(C)C)c1cccc(C#N)c1. The highest BCUT2D eigenvalue weighted by atomic mass is 16.2. The second-order valence-electron chi connectivity index (χ2n) is 6.44. The van der Waals surface area contributed by atoms with Crippen molar-refractivity contribution in [3.05, 3.63) is 29.8 Å². The van der Waals surface area contributed by atoms with E-state index in [0.717, 1.165) is 5.69 Å². The van der Waals surface area contributed by atoms with Gasteiger partial charge in [0.05, 0.1) is 11.6 Å². The van der Waals surface area contributed by atoms with Crippen molar-refractivity contribution in [1.29, 1.82) is 5.26 Å². The van der Waals surface area contributed by atoms with E-state index in [9.17, 15) is 4.79 Å². The second kappa shape index (κ2) is 4.09. The number of rotatable bonds is 2. The molecule has 0 radical (unpaired) electrons. The summed E-state index contributed by atoms with van der Waals surface area (Å²) in [5.41, 5.74) is 1.42. The van der Waals surface area contributed by atoms with Crippen LogP contribution in [0.1, 0.15) is 33.3 Å². The van der Waals surface area contributed by atoms with Crippen molar-refractivity contribution in [2.24, 2.45) is 16.7 Å². The van der Waals surface area contributed by atoms with E-state index >= 15 is 0 Å². The lowest BCUT2D eigenvalue weighted by Crippen LogP contribution is -2.30. The van der Waals surface area contributed by atoms with Crippen molar-refractivity contribution in [3.8, 4) is 6.07 Å². The van der Waals surface area contributed by atoms with Crippen LogP contribution in [0.5, 0.6) is 0 Å². The van der Waals surface area contributed by atoms with Crippen LogP contribution in [0.25, 0.3) is 0 Å². The van der Waals surface area contributed by atoms with Crippen LogP contribution in [0.4, 0.5) is 5.69 Å². The zero-order valence-corrected chi connectivity index (χ0v) is 12.2. The van der Waals surface area contributed by atoms with E-state index in [2.05, 4.69) is 33.8 Å². The van der Waals surface area contributed by atoms with Crippen molar-refractivity contribution >= 4 is 11.6 Å². The molecule has 0 heterocycles. The highest BCUT2D eigenvalue weighted by Crippen LogP contribution is 2.68. The number of hydrogen-bond acceptors (Lipinski definition) is 2. The molecule has 0 atom stereocenters. The normalized spacial score (nSPS) is 19.6. The Kier molecular flexibility index (Phi) is 2.93. The molecule has 2 rings (SSSR count). The zero-order valence-electron chi connectivity index (χ0n) is 12.2. The van der Waals surface area contributed by atoms with Crippen LogP contribution in [-0.4, -0.2) is 13.0 Å². The summed E-state index contributed by atoms with van der Waals surface area (Å²) in [6.45, 7) is 8.54. The highest BCUT2D eigenvalue weighted by Gasteiger charge is 2.68. The molecule has 0 aromatic heterocycles. The zero-order chi connectivity index (χ0) is 14.4. The van der Waals surface area contributed by atoms with Gasteiger partial charge in [-0.15, -0.1) is 0 Å². The molecule has 1 aliphatic rings. The summed E-state index contributed by atoms with van der Waals surface area (Å²) in [6, 6.07) is 9.26. The minimum atomic E-state index is 0.0329. The lowest BCUT2D eigenvalue weighted by molar-refractivity contribution is -0.120. The Balaban J connectivity index is 2.24. The molecule has 1 aromatic carbocycles. The summed E-state index contributed by atoms with van der Waals surface area (Å²) >= 11 is 0. The molecule has 0 aliphatic heterocycles. The topological polar surface area (TPSA) is 44.1 Å². The van der Waals surface area contributed by atoms with Crippen LogP contribution in [0.15, 0.2) is 24.3 Å². The van der Waals surface area contributed by atoms with Gasteiger partial charge >= 0.3 is 0 Å². The van der Waals surface area contributed by atoms with Gasteiger partial charge in [0.1, 0.15) is 0 Å². The van der Waals surface area contributed by atoms with Crippen LogP contribution < -0.4 is 4.90 Å². The molecular weight excluding hydrogens is 236 g/mol. The standard InChI is InChI=1S/C16H20N2O/c1-15(2)13(16(15,3)4)14(19)18(5)12-8-6-7-11(9-12)10-17/h6-9,13H,1-5H3. The molecule has 3 nitrogen and oxygen atoms in total. The van der Waals surface area contributed by atoms with Crippen LogP contribution in [0.3, 0.4) is 0 Å². The van der Waals surface area contributed by atoms with Crippen molar-refractivity contribution in [2.75, 3.05) is 11.9 Å². The van der Waals surface area contributed by atoms with E-state index in [1.54, 1.807) is 30.1 Å². The third-order valence-electron chi connectivity index (χ3n) is 4.96. The van der Waals surface area contributed by atoms with Gasteiger partial charge in [0.15, 0.2) is 0 Å². The van der Waals surface area contributed by atoms with Gasteiger partial charge in [0.2, 0.25) is 5.91 Å². The van der Waals surface area contributed by atoms with Gasteiger partial charge in [-0.1, -0.05) is 33.8 Å². The summed E-state index contributed by atoms with van der Waals surface area (Å²) in [4.78, 5) is 14.2. The number of amides is 1. The van der Waals surface area contributed by atoms with E-state index in [0.29, 0.717) is 5.56 Å². The first-order valence-electron chi connectivity index (χ1n) is 6.51. The average molecular weight is 256 g/mol. The second-order valence-corrected chi connectivity index (χ2v) is 6.44. The summed E-state index contributed by atoms with van der Waals surface area (Å²) < 4.78 is 0. The van der Waals surface area contributed by atoms with Crippen molar-refractivity contribution in [2.45, 2.75) is 27.7 Å². The van der Waals surface area contributed by atoms with E-state index < -0.39 is 0 Å². The maximum Gasteiger partial charge on any atom is 0.230 e. The van der Waals surface area contributed by atoms with E-state index in [4.69, 9.17) is 5.26 Å². The van der Waals surface area contributed by atoms with Crippen LogP contribution in [0.2, 0.25) is 0 Å². The molecule has 1 amide bonds. The fourth-order valence-electron chi connectivity index (χ4n) is 2.92. The van der Waals surface area contributed by atoms with Gasteiger partial charge in [0.25, 0.3) is 0 Å². The van der Waals surface area contributed by atoms with Gasteiger partial charge in [-0.25, -0.2) is 0 Å². The molecule has 1 aromatic rings. The molecule has 0 N–H and O–H groups in total. The molecule has 1 saturated carbocycles. The molecule has 1 aliphatic carbocycles. The predicted molar refractivity (Wildman–Crippen MR) is 75.6 cm³/mol. The first-order valence-corrected chi connectivity index (χ1v) is 6.51. The van der Waals surface area contributed by atoms with Crippen molar-refractivity contribution in [3.63, 3.8) is 0 Å². The minimum absolute atomic E-state index is 0.0329. The smallest absolute Gasteiger partial charge is 0.230 e. The summed E-state index contributed by atoms with van der Waals surface area (Å²) in [6.07, 6.45) is 0. The maximum atomic E-state index is 12.6. The minimum Gasteiger partial charge on any atom is -0.315 e. The third kappa shape index (κ3) is 1.92. The fraction of sp³-hybridized carbons (Fsp3) is 0.500. The number of nitrogens with zero attached hydrogens (tertiary/aromatic N) is 2.